The molecule has 1 aliphatic heterocycles. The lowest BCUT2D eigenvalue weighted by atomic mass is 10.0. The van der Waals surface area contributed by atoms with Crippen LogP contribution in [-0.4, -0.2) is 24.6 Å². The third kappa shape index (κ3) is 4.01. The van der Waals surface area contributed by atoms with Gasteiger partial charge < -0.3 is 10.1 Å². The average Bonchev–Trinajstić information content (AvgIpc) is 3.13. The van der Waals surface area contributed by atoms with E-state index in [1.807, 2.05) is 61.5 Å². The number of hydroxylamine groups is 1. The fourth-order valence-electron chi connectivity index (χ4n) is 2.99. The standard InChI is InChI=1S/C21H22N2O4/c1-3-15-18(23-27-19(15)21(25)26-4-2)20(24)22-17-13-9-8-12-16(17)14-10-6-5-7-11-14/h5-13,19,23H,3-4H2,1-2H3,(H,22,24). The lowest BCUT2D eigenvalue weighted by Gasteiger charge is -2.12. The van der Waals surface area contributed by atoms with E-state index in [1.54, 1.807) is 6.92 Å². The van der Waals surface area contributed by atoms with Crippen molar-refractivity contribution in [2.45, 2.75) is 26.4 Å². The van der Waals surface area contributed by atoms with Gasteiger partial charge in [0.05, 0.1) is 6.61 Å². The lowest BCUT2D eigenvalue weighted by molar-refractivity contribution is -0.155. The second-order valence-corrected chi connectivity index (χ2v) is 5.97. The molecular weight excluding hydrogens is 344 g/mol. The first-order valence-electron chi connectivity index (χ1n) is 8.92. The summed E-state index contributed by atoms with van der Waals surface area (Å²) >= 11 is 0. The van der Waals surface area contributed by atoms with Crippen LogP contribution < -0.4 is 10.8 Å². The van der Waals surface area contributed by atoms with Crippen LogP contribution in [0.15, 0.2) is 65.9 Å². The van der Waals surface area contributed by atoms with Crippen LogP contribution in [0.1, 0.15) is 20.3 Å². The summed E-state index contributed by atoms with van der Waals surface area (Å²) in [7, 11) is 0. The minimum Gasteiger partial charge on any atom is -0.464 e. The van der Waals surface area contributed by atoms with Gasteiger partial charge in [0.25, 0.3) is 5.91 Å². The predicted octanol–water partition coefficient (Wildman–Crippen LogP) is 3.42. The van der Waals surface area contributed by atoms with Crippen LogP contribution in [0.3, 0.4) is 0 Å². The molecule has 2 aromatic rings. The van der Waals surface area contributed by atoms with Crippen molar-refractivity contribution in [3.05, 3.63) is 65.9 Å². The van der Waals surface area contributed by atoms with Crippen LogP contribution in [0.5, 0.6) is 0 Å². The Morgan fingerprint density at radius 3 is 2.48 bits per heavy atom. The second kappa shape index (κ2) is 8.51. The number of carbonyl (C=O) groups excluding carboxylic acids is 2. The van der Waals surface area contributed by atoms with Crippen molar-refractivity contribution in [1.29, 1.82) is 0 Å². The number of hydrogen-bond acceptors (Lipinski definition) is 5. The topological polar surface area (TPSA) is 76.7 Å². The fourth-order valence-corrected chi connectivity index (χ4v) is 2.99. The van der Waals surface area contributed by atoms with E-state index in [1.165, 1.54) is 0 Å². The maximum atomic E-state index is 12.8. The van der Waals surface area contributed by atoms with E-state index in [9.17, 15) is 9.59 Å². The van der Waals surface area contributed by atoms with Crippen molar-refractivity contribution < 1.29 is 19.2 Å². The van der Waals surface area contributed by atoms with Gasteiger partial charge >= 0.3 is 5.97 Å². The van der Waals surface area contributed by atoms with Gasteiger partial charge in [0, 0.05) is 16.8 Å². The highest BCUT2D eigenvalue weighted by Gasteiger charge is 2.35. The lowest BCUT2D eigenvalue weighted by Crippen LogP contribution is -2.27. The molecule has 1 unspecified atom stereocenters. The molecular formula is C21H22N2O4. The summed E-state index contributed by atoms with van der Waals surface area (Å²) in [4.78, 5) is 30.2. The zero-order chi connectivity index (χ0) is 19.2. The zero-order valence-corrected chi connectivity index (χ0v) is 15.3. The molecule has 1 aliphatic rings. The van der Waals surface area contributed by atoms with E-state index in [0.717, 1.165) is 11.1 Å². The Hall–Kier alpha value is -3.12. The quantitative estimate of drug-likeness (QED) is 0.766. The van der Waals surface area contributed by atoms with Crippen LogP contribution in [0.4, 0.5) is 5.69 Å². The SMILES string of the molecule is CCOC(=O)C1ONC(C(=O)Nc2ccccc2-c2ccccc2)=C1CC. The second-order valence-electron chi connectivity index (χ2n) is 5.97. The summed E-state index contributed by atoms with van der Waals surface area (Å²) in [6.45, 7) is 3.84. The Balaban J connectivity index is 1.86. The number of hydrogen-bond donors (Lipinski definition) is 2. The minimum absolute atomic E-state index is 0.249. The molecule has 0 aromatic heterocycles. The first-order valence-corrected chi connectivity index (χ1v) is 8.92. The number of esters is 1. The molecule has 2 aromatic carbocycles. The summed E-state index contributed by atoms with van der Waals surface area (Å²) < 4.78 is 5.01. The molecule has 1 amide bonds. The van der Waals surface area contributed by atoms with Crippen molar-refractivity contribution in [3.8, 4) is 11.1 Å². The molecule has 0 radical (unpaired) electrons. The Bertz CT molecular complexity index is 861. The van der Waals surface area contributed by atoms with E-state index < -0.39 is 12.1 Å². The van der Waals surface area contributed by atoms with E-state index in [0.29, 0.717) is 17.7 Å². The van der Waals surface area contributed by atoms with Gasteiger partial charge in [-0.15, -0.1) is 0 Å². The minimum atomic E-state index is -0.903. The molecule has 0 aliphatic carbocycles. The molecule has 6 nitrogen and oxygen atoms in total. The Morgan fingerprint density at radius 1 is 1.07 bits per heavy atom. The summed E-state index contributed by atoms with van der Waals surface area (Å²) in [5.74, 6) is -0.864. The molecule has 1 heterocycles. The highest BCUT2D eigenvalue weighted by Crippen LogP contribution is 2.29. The van der Waals surface area contributed by atoms with Crippen molar-refractivity contribution in [3.63, 3.8) is 0 Å². The van der Waals surface area contributed by atoms with Gasteiger partial charge in [0.1, 0.15) is 5.70 Å². The number of amides is 1. The summed E-state index contributed by atoms with van der Waals surface area (Å²) in [5, 5.41) is 2.92. The van der Waals surface area contributed by atoms with Gasteiger partial charge in [0.15, 0.2) is 0 Å². The maximum absolute atomic E-state index is 12.8. The maximum Gasteiger partial charge on any atom is 0.342 e. The third-order valence-electron chi connectivity index (χ3n) is 4.29. The molecule has 0 saturated heterocycles. The fraction of sp³-hybridized carbons (Fsp3) is 0.238. The van der Waals surface area contributed by atoms with Crippen LogP contribution in [0.25, 0.3) is 11.1 Å². The number of nitrogens with one attached hydrogen (secondary N) is 2. The van der Waals surface area contributed by atoms with Crippen molar-refractivity contribution in [2.24, 2.45) is 0 Å². The first kappa shape index (κ1) is 18.7. The molecule has 27 heavy (non-hydrogen) atoms. The number of anilines is 1. The van der Waals surface area contributed by atoms with E-state index in [2.05, 4.69) is 10.8 Å². The van der Waals surface area contributed by atoms with Crippen LogP contribution in [-0.2, 0) is 19.2 Å². The number of carbonyl (C=O) groups is 2. The normalized spacial score (nSPS) is 16.0. The Kier molecular flexibility index (Phi) is 5.88. The van der Waals surface area contributed by atoms with E-state index in [-0.39, 0.29) is 18.2 Å². The monoisotopic (exact) mass is 366 g/mol. The van der Waals surface area contributed by atoms with Crippen molar-refractivity contribution in [1.82, 2.24) is 5.48 Å². The van der Waals surface area contributed by atoms with Crippen molar-refractivity contribution >= 4 is 17.6 Å². The molecule has 1 atom stereocenters. The number of rotatable bonds is 6. The highest BCUT2D eigenvalue weighted by molar-refractivity contribution is 6.06. The molecule has 0 fully saturated rings. The molecule has 6 heteroatoms. The Labute approximate surface area is 158 Å². The molecule has 2 N–H and O–H groups in total. The van der Waals surface area contributed by atoms with E-state index >= 15 is 0 Å². The first-order chi connectivity index (χ1) is 13.2. The summed E-state index contributed by atoms with van der Waals surface area (Å²) in [5.41, 5.74) is 6.00. The van der Waals surface area contributed by atoms with Crippen molar-refractivity contribution in [2.75, 3.05) is 11.9 Å². The van der Waals surface area contributed by atoms with Gasteiger partial charge in [0.2, 0.25) is 6.10 Å². The summed E-state index contributed by atoms with van der Waals surface area (Å²) in [6, 6.07) is 17.4. The smallest absolute Gasteiger partial charge is 0.342 e. The van der Waals surface area contributed by atoms with Gasteiger partial charge in [-0.1, -0.05) is 55.5 Å². The predicted molar refractivity (Wildman–Crippen MR) is 102 cm³/mol. The average molecular weight is 366 g/mol. The molecule has 140 valence electrons. The van der Waals surface area contributed by atoms with Crippen LogP contribution in [0, 0.1) is 0 Å². The summed E-state index contributed by atoms with van der Waals surface area (Å²) in [6.07, 6.45) is -0.417. The van der Waals surface area contributed by atoms with Gasteiger partial charge in [-0.2, -0.15) is 0 Å². The van der Waals surface area contributed by atoms with Crippen LogP contribution in [0.2, 0.25) is 0 Å². The number of ether oxygens (including phenoxy) is 1. The molecule has 0 bridgehead atoms. The van der Waals surface area contributed by atoms with Gasteiger partial charge in [-0.3, -0.25) is 15.1 Å². The van der Waals surface area contributed by atoms with Gasteiger partial charge in [-0.05, 0) is 25.0 Å². The molecule has 0 spiro atoms. The van der Waals surface area contributed by atoms with E-state index in [4.69, 9.17) is 9.57 Å². The largest absolute Gasteiger partial charge is 0.464 e. The number of benzene rings is 2. The number of para-hydroxylation sites is 1. The Morgan fingerprint density at radius 2 is 1.78 bits per heavy atom. The zero-order valence-electron chi connectivity index (χ0n) is 15.3. The molecule has 0 saturated carbocycles. The van der Waals surface area contributed by atoms with Crippen LogP contribution >= 0.6 is 0 Å². The molecule has 3 rings (SSSR count). The highest BCUT2D eigenvalue weighted by atomic mass is 16.7. The third-order valence-corrected chi connectivity index (χ3v) is 4.29. The van der Waals surface area contributed by atoms with Gasteiger partial charge in [-0.25, -0.2) is 4.79 Å².